The van der Waals surface area contributed by atoms with Crippen molar-refractivity contribution in [3.05, 3.63) is 0 Å². The Morgan fingerprint density at radius 2 is 1.67 bits per heavy atom. The van der Waals surface area contributed by atoms with E-state index in [1.807, 2.05) is 6.92 Å². The van der Waals surface area contributed by atoms with Crippen LogP contribution in [0.15, 0.2) is 0 Å². The minimum atomic E-state index is -0.232. The van der Waals surface area contributed by atoms with Crippen LogP contribution in [0.25, 0.3) is 0 Å². The van der Waals surface area contributed by atoms with Crippen LogP contribution in [-0.2, 0) is 9.53 Å². The van der Waals surface area contributed by atoms with E-state index in [2.05, 4.69) is 9.80 Å². The summed E-state index contributed by atoms with van der Waals surface area (Å²) < 4.78 is 5.05. The van der Waals surface area contributed by atoms with Gasteiger partial charge in [0.2, 0.25) is 5.91 Å². The summed E-state index contributed by atoms with van der Waals surface area (Å²) in [4.78, 5) is 30.7. The molecule has 0 aromatic carbocycles. The molecule has 1 saturated carbocycles. The van der Waals surface area contributed by atoms with Gasteiger partial charge in [-0.2, -0.15) is 0 Å². The van der Waals surface area contributed by atoms with Crippen molar-refractivity contribution in [2.24, 2.45) is 5.92 Å². The molecule has 2 aliphatic heterocycles. The summed E-state index contributed by atoms with van der Waals surface area (Å²) in [5.41, 5.74) is 0. The molecule has 0 radical (unpaired) electrons. The molecule has 0 aromatic heterocycles. The third kappa shape index (κ3) is 4.02. The number of rotatable bonds is 3. The molecule has 0 aromatic rings. The molecule has 3 aliphatic rings. The van der Waals surface area contributed by atoms with E-state index in [1.165, 1.54) is 32.1 Å². The minimum Gasteiger partial charge on any atom is -0.450 e. The first-order valence-corrected chi connectivity index (χ1v) is 9.62. The molecule has 0 N–H and O–H groups in total. The number of carbonyl (C=O) groups excluding carboxylic acids is 2. The molecule has 6 heteroatoms. The van der Waals surface area contributed by atoms with E-state index in [-0.39, 0.29) is 12.0 Å². The third-order valence-corrected chi connectivity index (χ3v) is 5.82. The molecular weight excluding hydrogens is 306 g/mol. The van der Waals surface area contributed by atoms with Crippen molar-refractivity contribution >= 4 is 12.0 Å². The molecular formula is C18H31N3O3. The largest absolute Gasteiger partial charge is 0.450 e. The molecule has 0 spiro atoms. The van der Waals surface area contributed by atoms with Crippen molar-refractivity contribution in [2.75, 3.05) is 45.9 Å². The summed E-state index contributed by atoms with van der Waals surface area (Å²) in [5.74, 6) is 1.02. The predicted molar refractivity (Wildman–Crippen MR) is 91.7 cm³/mol. The SMILES string of the molecule is CCOC(=O)N1CCN(CC(=O)N2CCCC3CCCCC32)CC1. The van der Waals surface area contributed by atoms with E-state index in [9.17, 15) is 9.59 Å². The van der Waals surface area contributed by atoms with Gasteiger partial charge in [0.1, 0.15) is 0 Å². The molecule has 6 nitrogen and oxygen atoms in total. The molecule has 2 atom stereocenters. The zero-order chi connectivity index (χ0) is 16.9. The second-order valence-corrected chi connectivity index (χ2v) is 7.30. The van der Waals surface area contributed by atoms with Crippen LogP contribution < -0.4 is 0 Å². The molecule has 1 aliphatic carbocycles. The fourth-order valence-electron chi connectivity index (χ4n) is 4.52. The molecule has 136 valence electrons. The Hall–Kier alpha value is -1.30. The Labute approximate surface area is 145 Å². The fraction of sp³-hybridized carbons (Fsp3) is 0.889. The van der Waals surface area contributed by atoms with Crippen molar-refractivity contribution < 1.29 is 14.3 Å². The number of amides is 2. The topological polar surface area (TPSA) is 53.1 Å². The van der Waals surface area contributed by atoms with E-state index < -0.39 is 0 Å². The van der Waals surface area contributed by atoms with E-state index in [1.54, 1.807) is 4.90 Å². The van der Waals surface area contributed by atoms with Gasteiger partial charge in [0.15, 0.2) is 0 Å². The van der Waals surface area contributed by atoms with E-state index in [4.69, 9.17) is 4.74 Å². The fourth-order valence-corrected chi connectivity index (χ4v) is 4.52. The average molecular weight is 337 g/mol. The highest BCUT2D eigenvalue weighted by Gasteiger charge is 2.36. The van der Waals surface area contributed by atoms with Crippen molar-refractivity contribution in [3.8, 4) is 0 Å². The number of ether oxygens (including phenoxy) is 1. The van der Waals surface area contributed by atoms with Gasteiger partial charge < -0.3 is 14.5 Å². The zero-order valence-electron chi connectivity index (χ0n) is 14.9. The lowest BCUT2D eigenvalue weighted by atomic mass is 9.78. The molecule has 0 bridgehead atoms. The maximum absolute atomic E-state index is 12.8. The van der Waals surface area contributed by atoms with Gasteiger partial charge in [0, 0.05) is 38.8 Å². The Morgan fingerprint density at radius 1 is 0.958 bits per heavy atom. The van der Waals surface area contributed by atoms with Crippen LogP contribution in [-0.4, -0.2) is 78.6 Å². The maximum atomic E-state index is 12.8. The van der Waals surface area contributed by atoms with Gasteiger partial charge in [-0.15, -0.1) is 0 Å². The first kappa shape index (κ1) is 17.5. The normalized spacial score (nSPS) is 28.4. The Balaban J connectivity index is 1.48. The number of nitrogens with zero attached hydrogens (tertiary/aromatic N) is 3. The van der Waals surface area contributed by atoms with Crippen molar-refractivity contribution in [2.45, 2.75) is 51.5 Å². The van der Waals surface area contributed by atoms with Crippen molar-refractivity contribution in [1.82, 2.24) is 14.7 Å². The van der Waals surface area contributed by atoms with Crippen LogP contribution in [0.1, 0.15) is 45.4 Å². The van der Waals surface area contributed by atoms with Crippen LogP contribution in [0.2, 0.25) is 0 Å². The Morgan fingerprint density at radius 3 is 2.42 bits per heavy atom. The summed E-state index contributed by atoms with van der Waals surface area (Å²) in [6.45, 7) is 6.48. The van der Waals surface area contributed by atoms with Gasteiger partial charge in [-0.3, -0.25) is 9.69 Å². The molecule has 2 heterocycles. The number of piperidine rings is 1. The van der Waals surface area contributed by atoms with Crippen LogP contribution in [0.4, 0.5) is 4.79 Å². The summed E-state index contributed by atoms with van der Waals surface area (Å²) in [6, 6.07) is 0.487. The lowest BCUT2D eigenvalue weighted by Crippen LogP contribution is -2.55. The van der Waals surface area contributed by atoms with Gasteiger partial charge in [0.05, 0.1) is 13.2 Å². The lowest BCUT2D eigenvalue weighted by molar-refractivity contribution is -0.139. The summed E-state index contributed by atoms with van der Waals surface area (Å²) >= 11 is 0. The van der Waals surface area contributed by atoms with Gasteiger partial charge in [-0.1, -0.05) is 12.8 Å². The number of carbonyl (C=O) groups is 2. The number of piperazine rings is 1. The van der Waals surface area contributed by atoms with Crippen LogP contribution in [0, 0.1) is 5.92 Å². The van der Waals surface area contributed by atoms with Gasteiger partial charge in [-0.25, -0.2) is 4.79 Å². The van der Waals surface area contributed by atoms with E-state index in [0.29, 0.717) is 32.3 Å². The molecule has 2 amide bonds. The number of hydrogen-bond donors (Lipinski definition) is 0. The Kier molecular flexibility index (Phi) is 5.98. The second kappa shape index (κ2) is 8.19. The summed E-state index contributed by atoms with van der Waals surface area (Å²) in [6.07, 6.45) is 7.31. The lowest BCUT2D eigenvalue weighted by Gasteiger charge is -2.45. The molecule has 3 rings (SSSR count). The quantitative estimate of drug-likeness (QED) is 0.790. The predicted octanol–water partition coefficient (Wildman–Crippen LogP) is 1.94. The smallest absolute Gasteiger partial charge is 0.409 e. The summed E-state index contributed by atoms with van der Waals surface area (Å²) in [7, 11) is 0. The monoisotopic (exact) mass is 337 g/mol. The van der Waals surface area contributed by atoms with Gasteiger partial charge in [0.25, 0.3) is 0 Å². The van der Waals surface area contributed by atoms with E-state index in [0.717, 1.165) is 32.0 Å². The average Bonchev–Trinajstić information content (AvgIpc) is 2.62. The van der Waals surface area contributed by atoms with Crippen LogP contribution in [0.3, 0.4) is 0 Å². The van der Waals surface area contributed by atoms with Crippen molar-refractivity contribution in [3.63, 3.8) is 0 Å². The minimum absolute atomic E-state index is 0.232. The van der Waals surface area contributed by atoms with Crippen LogP contribution in [0.5, 0.6) is 0 Å². The van der Waals surface area contributed by atoms with Crippen molar-refractivity contribution in [1.29, 1.82) is 0 Å². The van der Waals surface area contributed by atoms with Gasteiger partial charge in [-0.05, 0) is 38.5 Å². The number of fused-ring (bicyclic) bond motifs is 1. The first-order chi connectivity index (χ1) is 11.7. The molecule has 24 heavy (non-hydrogen) atoms. The maximum Gasteiger partial charge on any atom is 0.409 e. The van der Waals surface area contributed by atoms with E-state index >= 15 is 0 Å². The van der Waals surface area contributed by atoms with Gasteiger partial charge >= 0.3 is 6.09 Å². The highest BCUT2D eigenvalue weighted by Crippen LogP contribution is 2.35. The highest BCUT2D eigenvalue weighted by atomic mass is 16.6. The molecule has 3 fully saturated rings. The highest BCUT2D eigenvalue weighted by molar-refractivity contribution is 5.79. The summed E-state index contributed by atoms with van der Waals surface area (Å²) in [5, 5.41) is 0. The molecule has 2 unspecified atom stereocenters. The Bertz CT molecular complexity index is 447. The second-order valence-electron chi connectivity index (χ2n) is 7.30. The third-order valence-electron chi connectivity index (χ3n) is 5.82. The number of likely N-dealkylation sites (tertiary alicyclic amines) is 1. The zero-order valence-corrected chi connectivity index (χ0v) is 14.9. The first-order valence-electron chi connectivity index (χ1n) is 9.62. The van der Waals surface area contributed by atoms with Crippen LogP contribution >= 0.6 is 0 Å². The standard InChI is InChI=1S/C18H31N3O3/c1-2-24-18(23)20-12-10-19(11-13-20)14-17(22)21-9-5-7-15-6-3-4-8-16(15)21/h15-16H,2-14H2,1H3. The number of hydrogen-bond acceptors (Lipinski definition) is 4. The molecule has 2 saturated heterocycles.